The summed E-state index contributed by atoms with van der Waals surface area (Å²) in [6.07, 6.45) is 0.856. The number of benzene rings is 3. The highest BCUT2D eigenvalue weighted by molar-refractivity contribution is 6.02. The maximum atomic E-state index is 12.6. The van der Waals surface area contributed by atoms with Gasteiger partial charge in [0, 0.05) is 5.56 Å². The summed E-state index contributed by atoms with van der Waals surface area (Å²) in [6.45, 7) is 9.12. The molecule has 5 heteroatoms. The Morgan fingerprint density at radius 3 is 2.00 bits per heavy atom. The van der Waals surface area contributed by atoms with Crippen LogP contribution in [0.3, 0.4) is 0 Å². The van der Waals surface area contributed by atoms with Crippen LogP contribution >= 0.6 is 0 Å². The molecule has 2 atom stereocenters. The van der Waals surface area contributed by atoms with Crippen molar-refractivity contribution in [1.29, 1.82) is 0 Å². The summed E-state index contributed by atoms with van der Waals surface area (Å²) in [6, 6.07) is 18.2. The first-order chi connectivity index (χ1) is 15.0. The first-order valence-corrected chi connectivity index (χ1v) is 10.4. The van der Waals surface area contributed by atoms with Gasteiger partial charge in [-0.25, -0.2) is 0 Å². The van der Waals surface area contributed by atoms with Gasteiger partial charge in [0.1, 0.15) is 6.61 Å². The summed E-state index contributed by atoms with van der Waals surface area (Å²) >= 11 is 0. The average molecular weight is 423 g/mol. The van der Waals surface area contributed by atoms with Crippen molar-refractivity contribution in [1.82, 2.24) is 0 Å². The van der Waals surface area contributed by atoms with Crippen molar-refractivity contribution in [2.75, 3.05) is 6.79 Å². The Balaban J connectivity index is 0.00000166. The number of hydrogen-bond acceptors (Lipinski definition) is 5. The fraction of sp³-hybridized carbons (Fsp3) is 0.308. The van der Waals surface area contributed by atoms with Gasteiger partial charge in [-0.2, -0.15) is 0 Å². The Morgan fingerprint density at radius 1 is 0.935 bits per heavy atom. The third-order valence-electron chi connectivity index (χ3n) is 5.31. The molecule has 0 radical (unpaired) electrons. The zero-order valence-electron chi connectivity index (χ0n) is 18.2. The van der Waals surface area contributed by atoms with E-state index in [0.29, 0.717) is 12.8 Å². The van der Waals surface area contributed by atoms with Gasteiger partial charge in [-0.05, 0) is 40.5 Å². The quantitative estimate of drug-likeness (QED) is 0.228. The number of esters is 2. The number of aliphatic hydroxyl groups excluding tert-OH is 1. The van der Waals surface area contributed by atoms with E-state index in [9.17, 15) is 9.59 Å². The summed E-state index contributed by atoms with van der Waals surface area (Å²) in [5.41, 5.74) is 0.978. The van der Waals surface area contributed by atoms with Crippen LogP contribution in [0.4, 0.5) is 0 Å². The fourth-order valence-electron chi connectivity index (χ4n) is 3.68. The second kappa shape index (κ2) is 11.9. The number of carbonyl (C=O) groups excluding carboxylic acids is 2. The molecule has 3 aromatic rings. The largest absolute Gasteiger partial charge is 0.461 e. The van der Waals surface area contributed by atoms with Gasteiger partial charge in [-0.3, -0.25) is 9.59 Å². The predicted molar refractivity (Wildman–Crippen MR) is 123 cm³/mol. The molecule has 0 amide bonds. The Morgan fingerprint density at radius 2 is 1.48 bits per heavy atom. The van der Waals surface area contributed by atoms with Crippen LogP contribution in [0.15, 0.2) is 67.8 Å². The Hall–Kier alpha value is -3.18. The average Bonchev–Trinajstić information content (AvgIpc) is 2.81. The molecule has 0 saturated heterocycles. The van der Waals surface area contributed by atoms with Gasteiger partial charge in [0.05, 0.1) is 11.8 Å². The van der Waals surface area contributed by atoms with E-state index in [1.54, 1.807) is 6.92 Å². The second-order valence-electron chi connectivity index (χ2n) is 7.24. The molecular formula is C26H30O5. The number of carbonyl (C=O) groups is 2. The monoisotopic (exact) mass is 422 g/mol. The minimum absolute atomic E-state index is 0.170. The van der Waals surface area contributed by atoms with Gasteiger partial charge in [-0.1, -0.05) is 62.4 Å². The molecule has 5 nitrogen and oxygen atoms in total. The smallest absolute Gasteiger partial charge is 0.311 e. The van der Waals surface area contributed by atoms with Gasteiger partial charge in [0.25, 0.3) is 0 Å². The van der Waals surface area contributed by atoms with Crippen molar-refractivity contribution in [3.63, 3.8) is 0 Å². The van der Waals surface area contributed by atoms with Gasteiger partial charge in [0.2, 0.25) is 0 Å². The number of rotatable bonds is 8. The molecule has 0 aliphatic rings. The summed E-state index contributed by atoms with van der Waals surface area (Å²) in [4.78, 5) is 24.5. The van der Waals surface area contributed by atoms with E-state index in [1.807, 2.05) is 55.5 Å². The molecule has 0 aliphatic carbocycles. The van der Waals surface area contributed by atoms with Crippen molar-refractivity contribution < 1.29 is 24.2 Å². The molecule has 0 saturated carbocycles. The molecule has 2 unspecified atom stereocenters. The van der Waals surface area contributed by atoms with Crippen LogP contribution in [0.25, 0.3) is 21.5 Å². The van der Waals surface area contributed by atoms with E-state index in [1.165, 1.54) is 0 Å². The molecule has 0 aromatic heterocycles. The zero-order valence-corrected chi connectivity index (χ0v) is 18.2. The molecule has 3 rings (SSSR count). The van der Waals surface area contributed by atoms with Crippen molar-refractivity contribution >= 4 is 33.5 Å². The highest BCUT2D eigenvalue weighted by Gasteiger charge is 2.25. The van der Waals surface area contributed by atoms with Gasteiger partial charge >= 0.3 is 11.9 Å². The SMILES string of the molecule is C=C.CCC(CC(C)C(=O)OCc1c2ccccc2cc2ccccc12)C(=O)OCO. The maximum absolute atomic E-state index is 12.6. The maximum Gasteiger partial charge on any atom is 0.311 e. The summed E-state index contributed by atoms with van der Waals surface area (Å²) in [5.74, 6) is -1.73. The molecule has 0 spiro atoms. The number of fused-ring (bicyclic) bond motifs is 2. The summed E-state index contributed by atoms with van der Waals surface area (Å²) < 4.78 is 10.3. The number of aliphatic hydroxyl groups is 1. The molecule has 0 fully saturated rings. The summed E-state index contributed by atoms with van der Waals surface area (Å²) in [7, 11) is 0. The molecule has 0 bridgehead atoms. The van der Waals surface area contributed by atoms with Crippen molar-refractivity contribution in [3.05, 3.63) is 73.3 Å². The van der Waals surface area contributed by atoms with Crippen molar-refractivity contribution in [2.45, 2.75) is 33.3 Å². The molecule has 164 valence electrons. The van der Waals surface area contributed by atoms with Crippen LogP contribution in [0.2, 0.25) is 0 Å². The Bertz CT molecular complexity index is 973. The molecule has 3 aromatic carbocycles. The van der Waals surface area contributed by atoms with Gasteiger partial charge < -0.3 is 14.6 Å². The van der Waals surface area contributed by atoms with Crippen molar-refractivity contribution in [2.24, 2.45) is 11.8 Å². The van der Waals surface area contributed by atoms with E-state index in [0.717, 1.165) is 27.1 Å². The molecule has 0 heterocycles. The van der Waals surface area contributed by atoms with Gasteiger partial charge in [0.15, 0.2) is 6.79 Å². The van der Waals surface area contributed by atoms with Gasteiger partial charge in [-0.15, -0.1) is 13.2 Å². The topological polar surface area (TPSA) is 72.8 Å². The lowest BCUT2D eigenvalue weighted by Crippen LogP contribution is -2.24. The summed E-state index contributed by atoms with van der Waals surface area (Å²) in [5, 5.41) is 13.1. The van der Waals surface area contributed by atoms with Crippen LogP contribution in [0.1, 0.15) is 32.3 Å². The molecular weight excluding hydrogens is 392 g/mol. The first kappa shape index (κ1) is 24.1. The number of ether oxygens (including phenoxy) is 2. The lowest BCUT2D eigenvalue weighted by Gasteiger charge is -2.18. The minimum Gasteiger partial charge on any atom is -0.461 e. The third kappa shape index (κ3) is 5.92. The Labute approximate surface area is 183 Å². The van der Waals surface area contributed by atoms with Crippen LogP contribution < -0.4 is 0 Å². The minimum atomic E-state index is -0.650. The first-order valence-electron chi connectivity index (χ1n) is 10.4. The lowest BCUT2D eigenvalue weighted by molar-refractivity contribution is -0.158. The molecule has 31 heavy (non-hydrogen) atoms. The normalized spacial score (nSPS) is 12.5. The third-order valence-corrected chi connectivity index (χ3v) is 5.31. The van der Waals surface area contributed by atoms with E-state index < -0.39 is 24.6 Å². The second-order valence-corrected chi connectivity index (χ2v) is 7.24. The standard InChI is InChI=1S/C24H26O5.C2H4/c1-3-17(24(27)29-15-25)12-16(2)23(26)28-14-22-20-10-6-4-8-18(20)13-19-9-5-7-11-21(19)22;1-2/h4-11,13,16-17,25H,3,12,14-15H2,1-2H3;1-2H2. The number of hydrogen-bond donors (Lipinski definition) is 1. The van der Waals surface area contributed by atoms with Crippen LogP contribution in [0, 0.1) is 11.8 Å². The highest BCUT2D eigenvalue weighted by Crippen LogP contribution is 2.29. The van der Waals surface area contributed by atoms with Crippen LogP contribution in [-0.2, 0) is 25.7 Å². The molecule has 1 N–H and O–H groups in total. The van der Waals surface area contributed by atoms with Crippen LogP contribution in [-0.4, -0.2) is 23.8 Å². The van der Waals surface area contributed by atoms with Crippen LogP contribution in [0.5, 0.6) is 0 Å². The lowest BCUT2D eigenvalue weighted by atomic mass is 9.93. The zero-order chi connectivity index (χ0) is 22.8. The van der Waals surface area contributed by atoms with E-state index in [2.05, 4.69) is 24.0 Å². The molecule has 0 aliphatic heterocycles. The fourth-order valence-corrected chi connectivity index (χ4v) is 3.68. The van der Waals surface area contributed by atoms with Crippen molar-refractivity contribution in [3.8, 4) is 0 Å². The highest BCUT2D eigenvalue weighted by atomic mass is 16.6. The van der Waals surface area contributed by atoms with E-state index in [-0.39, 0.29) is 12.6 Å². The predicted octanol–water partition coefficient (Wildman–Crippen LogP) is 5.38. The Kier molecular flexibility index (Phi) is 9.22. The van der Waals surface area contributed by atoms with E-state index >= 15 is 0 Å². The van der Waals surface area contributed by atoms with E-state index in [4.69, 9.17) is 9.84 Å².